The van der Waals surface area contributed by atoms with E-state index in [1.165, 1.54) is 12.1 Å². The summed E-state index contributed by atoms with van der Waals surface area (Å²) in [5.41, 5.74) is 1.97. The minimum atomic E-state index is -0.593. The van der Waals surface area contributed by atoms with E-state index in [-0.39, 0.29) is 24.5 Å². The molecule has 0 atom stereocenters. The minimum Gasteiger partial charge on any atom is -0.486 e. The van der Waals surface area contributed by atoms with E-state index in [4.69, 9.17) is 9.47 Å². The predicted molar refractivity (Wildman–Crippen MR) is 92.7 cm³/mol. The second-order valence-corrected chi connectivity index (χ2v) is 5.48. The summed E-state index contributed by atoms with van der Waals surface area (Å²) in [6.07, 6.45) is 0. The van der Waals surface area contributed by atoms with Gasteiger partial charge in [0, 0.05) is 0 Å². The predicted octanol–water partition coefficient (Wildman–Crippen LogP) is 4.76. The van der Waals surface area contributed by atoms with Crippen LogP contribution in [0.3, 0.4) is 0 Å². The van der Waals surface area contributed by atoms with Crippen molar-refractivity contribution in [1.82, 2.24) is 0 Å². The molecule has 0 spiro atoms. The topological polar surface area (TPSA) is 35.5 Å². The van der Waals surface area contributed by atoms with Crippen LogP contribution >= 0.6 is 0 Å². The number of ether oxygens (including phenoxy) is 2. The summed E-state index contributed by atoms with van der Waals surface area (Å²) in [4.78, 5) is 12.0. The van der Waals surface area contributed by atoms with Crippen LogP contribution in [-0.2, 0) is 18.0 Å². The molecule has 0 saturated heterocycles. The maximum atomic E-state index is 14.1. The molecule has 0 N–H and O–H groups in total. The van der Waals surface area contributed by atoms with Gasteiger partial charge in [0.2, 0.25) is 0 Å². The van der Waals surface area contributed by atoms with Gasteiger partial charge in [0.05, 0.1) is 5.56 Å². The SMILES string of the molecule is O=C(OCc1ccccc1)c1ccc(OCc2ccccc2)c(F)c1. The summed E-state index contributed by atoms with van der Waals surface area (Å²) < 4.78 is 24.8. The van der Waals surface area contributed by atoms with Crippen LogP contribution in [-0.4, -0.2) is 5.97 Å². The van der Waals surface area contributed by atoms with Crippen molar-refractivity contribution in [1.29, 1.82) is 0 Å². The molecule has 0 aliphatic heterocycles. The summed E-state index contributed by atoms with van der Waals surface area (Å²) in [5.74, 6) is -1.06. The first-order chi connectivity index (χ1) is 12.2. The van der Waals surface area contributed by atoms with Gasteiger partial charge in [-0.15, -0.1) is 0 Å². The lowest BCUT2D eigenvalue weighted by molar-refractivity contribution is 0.0472. The Kier molecular flexibility index (Phi) is 5.42. The molecule has 0 aliphatic rings. The maximum absolute atomic E-state index is 14.1. The number of carbonyl (C=O) groups excluding carboxylic acids is 1. The van der Waals surface area contributed by atoms with E-state index in [9.17, 15) is 9.18 Å². The summed E-state index contributed by atoms with van der Waals surface area (Å²) in [5, 5.41) is 0. The van der Waals surface area contributed by atoms with Crippen LogP contribution in [0.1, 0.15) is 21.5 Å². The van der Waals surface area contributed by atoms with Crippen LogP contribution in [0.5, 0.6) is 5.75 Å². The first-order valence-corrected chi connectivity index (χ1v) is 7.90. The highest BCUT2D eigenvalue weighted by atomic mass is 19.1. The average Bonchev–Trinajstić information content (AvgIpc) is 2.66. The lowest BCUT2D eigenvalue weighted by Gasteiger charge is -2.09. The van der Waals surface area contributed by atoms with Crippen molar-refractivity contribution >= 4 is 5.97 Å². The van der Waals surface area contributed by atoms with E-state index < -0.39 is 11.8 Å². The van der Waals surface area contributed by atoms with E-state index in [2.05, 4.69) is 0 Å². The van der Waals surface area contributed by atoms with E-state index in [1.54, 1.807) is 0 Å². The Morgan fingerprint density at radius 2 is 1.40 bits per heavy atom. The van der Waals surface area contributed by atoms with E-state index in [0.29, 0.717) is 0 Å². The molecule has 0 saturated carbocycles. The van der Waals surface area contributed by atoms with Gasteiger partial charge in [-0.1, -0.05) is 60.7 Å². The highest BCUT2D eigenvalue weighted by molar-refractivity contribution is 5.89. The number of hydrogen-bond acceptors (Lipinski definition) is 3. The van der Waals surface area contributed by atoms with Crippen molar-refractivity contribution in [3.05, 3.63) is 101 Å². The fraction of sp³-hybridized carbons (Fsp3) is 0.0952. The highest BCUT2D eigenvalue weighted by Crippen LogP contribution is 2.20. The van der Waals surface area contributed by atoms with Gasteiger partial charge in [0.1, 0.15) is 13.2 Å². The van der Waals surface area contributed by atoms with Crippen molar-refractivity contribution in [3.63, 3.8) is 0 Å². The number of carbonyl (C=O) groups is 1. The van der Waals surface area contributed by atoms with Gasteiger partial charge in [-0.05, 0) is 29.3 Å². The number of esters is 1. The molecule has 126 valence electrons. The van der Waals surface area contributed by atoms with Crippen LogP contribution in [0.2, 0.25) is 0 Å². The average molecular weight is 336 g/mol. The molecule has 4 heteroatoms. The van der Waals surface area contributed by atoms with Crippen LogP contribution in [0, 0.1) is 5.82 Å². The molecule has 3 aromatic rings. The molecule has 25 heavy (non-hydrogen) atoms. The maximum Gasteiger partial charge on any atom is 0.338 e. The van der Waals surface area contributed by atoms with Crippen molar-refractivity contribution in [3.8, 4) is 5.75 Å². The Morgan fingerprint density at radius 1 is 0.800 bits per heavy atom. The summed E-state index contributed by atoms with van der Waals surface area (Å²) in [6.45, 7) is 0.406. The van der Waals surface area contributed by atoms with Crippen molar-refractivity contribution in [2.45, 2.75) is 13.2 Å². The molecular weight excluding hydrogens is 319 g/mol. The lowest BCUT2D eigenvalue weighted by Crippen LogP contribution is -2.06. The fourth-order valence-electron chi connectivity index (χ4n) is 2.29. The molecule has 0 fully saturated rings. The molecular formula is C21H17FO3. The monoisotopic (exact) mass is 336 g/mol. The Bertz CT molecular complexity index is 832. The Hall–Kier alpha value is -3.14. The van der Waals surface area contributed by atoms with Gasteiger partial charge in [-0.25, -0.2) is 9.18 Å². The molecule has 0 aliphatic carbocycles. The van der Waals surface area contributed by atoms with Crippen LogP contribution in [0.25, 0.3) is 0 Å². The smallest absolute Gasteiger partial charge is 0.338 e. The lowest BCUT2D eigenvalue weighted by atomic mass is 10.2. The minimum absolute atomic E-state index is 0.100. The van der Waals surface area contributed by atoms with Gasteiger partial charge in [-0.2, -0.15) is 0 Å². The first-order valence-electron chi connectivity index (χ1n) is 7.90. The molecule has 0 bridgehead atoms. The number of benzene rings is 3. The van der Waals surface area contributed by atoms with E-state index >= 15 is 0 Å². The van der Waals surface area contributed by atoms with Crippen molar-refractivity contribution in [2.75, 3.05) is 0 Å². The molecule has 3 nitrogen and oxygen atoms in total. The largest absolute Gasteiger partial charge is 0.486 e. The molecule has 0 unspecified atom stereocenters. The summed E-state index contributed by atoms with van der Waals surface area (Å²) in [6, 6.07) is 22.9. The van der Waals surface area contributed by atoms with Crippen molar-refractivity contribution in [2.24, 2.45) is 0 Å². The third-order valence-corrected chi connectivity index (χ3v) is 3.62. The molecule has 0 amide bonds. The second kappa shape index (κ2) is 8.11. The Morgan fingerprint density at radius 3 is 2.00 bits per heavy atom. The highest BCUT2D eigenvalue weighted by Gasteiger charge is 2.12. The van der Waals surface area contributed by atoms with Crippen molar-refractivity contribution < 1.29 is 18.7 Å². The number of rotatable bonds is 6. The number of halogens is 1. The van der Waals surface area contributed by atoms with Crippen LogP contribution < -0.4 is 4.74 Å². The fourth-order valence-corrected chi connectivity index (χ4v) is 2.29. The normalized spacial score (nSPS) is 10.3. The molecule has 3 rings (SSSR count). The zero-order valence-electron chi connectivity index (χ0n) is 13.5. The van der Waals surface area contributed by atoms with Gasteiger partial charge in [0.25, 0.3) is 0 Å². The molecule has 0 heterocycles. The molecule has 0 radical (unpaired) electrons. The van der Waals surface area contributed by atoms with Crippen LogP contribution in [0.15, 0.2) is 78.9 Å². The zero-order chi connectivity index (χ0) is 17.5. The van der Waals surface area contributed by atoms with E-state index in [0.717, 1.165) is 17.2 Å². The second-order valence-electron chi connectivity index (χ2n) is 5.48. The standard InChI is InChI=1S/C21H17FO3/c22-19-13-18(21(23)25-15-17-9-5-2-6-10-17)11-12-20(19)24-14-16-7-3-1-4-8-16/h1-13H,14-15H2. The third kappa shape index (κ3) is 4.67. The van der Waals surface area contributed by atoms with Gasteiger partial charge >= 0.3 is 5.97 Å². The summed E-state index contributed by atoms with van der Waals surface area (Å²) in [7, 11) is 0. The van der Waals surface area contributed by atoms with Gasteiger partial charge < -0.3 is 9.47 Å². The summed E-state index contributed by atoms with van der Waals surface area (Å²) >= 11 is 0. The first kappa shape index (κ1) is 16.7. The van der Waals surface area contributed by atoms with Gasteiger partial charge in [0.15, 0.2) is 11.6 Å². The van der Waals surface area contributed by atoms with Gasteiger partial charge in [-0.3, -0.25) is 0 Å². The quantitative estimate of drug-likeness (QED) is 0.609. The molecule has 3 aromatic carbocycles. The Balaban J connectivity index is 1.60. The zero-order valence-corrected chi connectivity index (χ0v) is 13.5. The number of hydrogen-bond donors (Lipinski definition) is 0. The van der Waals surface area contributed by atoms with E-state index in [1.807, 2.05) is 60.7 Å². The Labute approximate surface area is 145 Å². The third-order valence-electron chi connectivity index (χ3n) is 3.62. The molecule has 0 aromatic heterocycles. The van der Waals surface area contributed by atoms with Crippen LogP contribution in [0.4, 0.5) is 4.39 Å².